The number of piperazine rings is 1. The molecule has 3 aromatic rings. The fourth-order valence-electron chi connectivity index (χ4n) is 3.54. The molecule has 1 aromatic carbocycles. The van der Waals surface area contributed by atoms with Crippen molar-refractivity contribution in [2.75, 3.05) is 38.1 Å². The van der Waals surface area contributed by atoms with Crippen molar-refractivity contribution in [2.45, 2.75) is 20.8 Å². The molecule has 1 saturated heterocycles. The topological polar surface area (TPSA) is 138 Å². The average molecular weight is 416 g/mol. The summed E-state index contributed by atoms with van der Waals surface area (Å²) in [6.45, 7) is 10.0. The second kappa shape index (κ2) is 10.4. The van der Waals surface area contributed by atoms with Gasteiger partial charge in [-0.15, -0.1) is 0 Å². The number of carboxylic acid groups (broad SMARTS) is 2. The Labute approximate surface area is 174 Å². The van der Waals surface area contributed by atoms with Gasteiger partial charge in [0.2, 0.25) is 0 Å². The molecule has 0 spiro atoms. The van der Waals surface area contributed by atoms with E-state index in [9.17, 15) is 0 Å². The summed E-state index contributed by atoms with van der Waals surface area (Å²) >= 11 is 0. The molecule has 0 bridgehead atoms. The van der Waals surface area contributed by atoms with Gasteiger partial charge in [0, 0.05) is 37.6 Å². The summed E-state index contributed by atoms with van der Waals surface area (Å²) in [5, 5.41) is 21.1. The van der Waals surface area contributed by atoms with Gasteiger partial charge >= 0.3 is 0 Å². The highest BCUT2D eigenvalue weighted by Gasteiger charge is 2.18. The number of anilines is 1. The first-order valence-electron chi connectivity index (χ1n) is 9.47. The van der Waals surface area contributed by atoms with E-state index in [2.05, 4.69) is 51.1 Å². The van der Waals surface area contributed by atoms with Gasteiger partial charge in [-0.05, 0) is 45.5 Å². The molecule has 0 aliphatic carbocycles. The number of aromatic nitrogens is 4. The number of imidazole rings is 1. The maximum absolute atomic E-state index is 8.36. The van der Waals surface area contributed by atoms with E-state index in [1.165, 1.54) is 11.3 Å². The maximum Gasteiger partial charge on any atom is 0.290 e. The number of nitrogens with one attached hydrogen (secondary N) is 2. The van der Waals surface area contributed by atoms with Crippen LogP contribution in [0.3, 0.4) is 0 Å². The summed E-state index contributed by atoms with van der Waals surface area (Å²) in [5.74, 6) is 0.896. The van der Waals surface area contributed by atoms with Crippen LogP contribution in [0.5, 0.6) is 0 Å². The first kappa shape index (κ1) is 22.9. The Bertz CT molecular complexity index is 963. The van der Waals surface area contributed by atoms with Crippen LogP contribution in [0.15, 0.2) is 12.1 Å². The molecule has 10 nitrogen and oxygen atoms in total. The highest BCUT2D eigenvalue weighted by atomic mass is 16.3. The molecule has 30 heavy (non-hydrogen) atoms. The molecule has 0 unspecified atom stereocenters. The average Bonchev–Trinajstić information content (AvgIpc) is 3.26. The number of hydrogen-bond acceptors (Lipinski definition) is 6. The van der Waals surface area contributed by atoms with E-state index in [0.29, 0.717) is 0 Å². The number of aryl methyl sites for hydroxylation is 3. The van der Waals surface area contributed by atoms with Crippen molar-refractivity contribution in [2.24, 2.45) is 0 Å². The quantitative estimate of drug-likeness (QED) is 0.466. The minimum atomic E-state index is -0.250. The van der Waals surface area contributed by atoms with Crippen LogP contribution in [0.25, 0.3) is 22.4 Å². The Balaban J connectivity index is 0.000000480. The fourth-order valence-corrected chi connectivity index (χ4v) is 3.54. The highest BCUT2D eigenvalue weighted by Crippen LogP contribution is 2.30. The molecule has 10 heteroatoms. The van der Waals surface area contributed by atoms with Gasteiger partial charge in [0.1, 0.15) is 5.82 Å². The number of fused-ring (bicyclic) bond motifs is 1. The lowest BCUT2D eigenvalue weighted by atomic mass is 10.1. The highest BCUT2D eigenvalue weighted by molar-refractivity contribution is 5.86. The van der Waals surface area contributed by atoms with E-state index in [0.717, 1.165) is 60.0 Å². The SMILES string of the molecule is Cc1n[nH]c(C)c1-c1nc2c(C)cc(N3CCN(C)CC3)cc2[nH]1.O=CO.O=CO. The summed E-state index contributed by atoms with van der Waals surface area (Å²) in [5.41, 5.74) is 7.73. The minimum Gasteiger partial charge on any atom is -0.483 e. The van der Waals surface area contributed by atoms with E-state index in [1.807, 2.05) is 13.8 Å². The van der Waals surface area contributed by atoms with Crippen LogP contribution >= 0.6 is 0 Å². The Kier molecular flexibility index (Phi) is 7.93. The minimum absolute atomic E-state index is 0.250. The first-order valence-corrected chi connectivity index (χ1v) is 9.47. The van der Waals surface area contributed by atoms with Gasteiger partial charge < -0.3 is 25.0 Å². The lowest BCUT2D eigenvalue weighted by Crippen LogP contribution is -2.44. The lowest BCUT2D eigenvalue weighted by molar-refractivity contribution is -0.123. The van der Waals surface area contributed by atoms with E-state index in [1.54, 1.807) is 0 Å². The lowest BCUT2D eigenvalue weighted by Gasteiger charge is -2.34. The van der Waals surface area contributed by atoms with Gasteiger partial charge in [0.15, 0.2) is 0 Å². The molecular formula is C20H28N6O4. The van der Waals surface area contributed by atoms with Crippen molar-refractivity contribution in [1.82, 2.24) is 25.1 Å². The van der Waals surface area contributed by atoms with Gasteiger partial charge in [0.25, 0.3) is 12.9 Å². The third kappa shape index (κ3) is 5.15. The number of likely N-dealkylation sites (N-methyl/N-ethyl adjacent to an activating group) is 1. The summed E-state index contributed by atoms with van der Waals surface area (Å²) < 4.78 is 0. The van der Waals surface area contributed by atoms with Crippen LogP contribution in [-0.4, -0.2) is 81.4 Å². The molecular weight excluding hydrogens is 388 g/mol. The van der Waals surface area contributed by atoms with Gasteiger partial charge in [-0.1, -0.05) is 0 Å². The van der Waals surface area contributed by atoms with Crippen LogP contribution in [0.2, 0.25) is 0 Å². The second-order valence-corrected chi connectivity index (χ2v) is 7.05. The third-order valence-electron chi connectivity index (χ3n) is 5.00. The van der Waals surface area contributed by atoms with Crippen LogP contribution in [0.4, 0.5) is 5.69 Å². The number of nitrogens with zero attached hydrogens (tertiary/aromatic N) is 4. The van der Waals surface area contributed by atoms with Crippen molar-refractivity contribution in [3.05, 3.63) is 29.1 Å². The summed E-state index contributed by atoms with van der Waals surface area (Å²) in [6.07, 6.45) is 0. The van der Waals surface area contributed by atoms with Crippen LogP contribution in [0.1, 0.15) is 17.0 Å². The second-order valence-electron chi connectivity index (χ2n) is 7.05. The third-order valence-corrected chi connectivity index (χ3v) is 5.00. The number of benzene rings is 1. The Morgan fingerprint density at radius 1 is 1.03 bits per heavy atom. The predicted octanol–water partition coefficient (Wildman–Crippen LogP) is 2.03. The Morgan fingerprint density at radius 2 is 1.63 bits per heavy atom. The zero-order chi connectivity index (χ0) is 22.3. The van der Waals surface area contributed by atoms with E-state index >= 15 is 0 Å². The monoisotopic (exact) mass is 416 g/mol. The molecule has 162 valence electrons. The van der Waals surface area contributed by atoms with Gasteiger partial charge in [-0.3, -0.25) is 14.7 Å². The molecule has 1 fully saturated rings. The predicted molar refractivity (Wildman–Crippen MR) is 115 cm³/mol. The van der Waals surface area contributed by atoms with Crippen LogP contribution < -0.4 is 4.90 Å². The number of H-pyrrole nitrogens is 2. The summed E-state index contributed by atoms with van der Waals surface area (Å²) in [4.78, 5) is 29.9. The largest absolute Gasteiger partial charge is 0.483 e. The normalized spacial score (nSPS) is 13.8. The van der Waals surface area contributed by atoms with E-state index in [-0.39, 0.29) is 12.9 Å². The zero-order valence-corrected chi connectivity index (χ0v) is 17.6. The van der Waals surface area contributed by atoms with Crippen LogP contribution in [-0.2, 0) is 9.59 Å². The number of carbonyl (C=O) groups is 2. The van der Waals surface area contributed by atoms with Crippen molar-refractivity contribution in [1.29, 1.82) is 0 Å². The van der Waals surface area contributed by atoms with E-state index < -0.39 is 0 Å². The van der Waals surface area contributed by atoms with Gasteiger partial charge in [-0.25, -0.2) is 4.98 Å². The number of rotatable bonds is 2. The number of aromatic amines is 2. The van der Waals surface area contributed by atoms with Gasteiger partial charge in [0.05, 0.1) is 22.3 Å². The maximum atomic E-state index is 8.36. The summed E-state index contributed by atoms with van der Waals surface area (Å²) in [6, 6.07) is 4.49. The molecule has 4 N–H and O–H groups in total. The van der Waals surface area contributed by atoms with Crippen molar-refractivity contribution in [3.8, 4) is 11.4 Å². The molecule has 0 saturated carbocycles. The Hall–Kier alpha value is -3.40. The van der Waals surface area contributed by atoms with Crippen molar-refractivity contribution < 1.29 is 19.8 Å². The summed E-state index contributed by atoms with van der Waals surface area (Å²) in [7, 11) is 2.18. The molecule has 3 heterocycles. The zero-order valence-electron chi connectivity index (χ0n) is 17.6. The molecule has 1 aliphatic rings. The Morgan fingerprint density at radius 3 is 2.17 bits per heavy atom. The van der Waals surface area contributed by atoms with Crippen molar-refractivity contribution >= 4 is 29.7 Å². The smallest absolute Gasteiger partial charge is 0.290 e. The molecule has 0 atom stereocenters. The molecule has 0 amide bonds. The van der Waals surface area contributed by atoms with E-state index in [4.69, 9.17) is 24.8 Å². The molecule has 0 radical (unpaired) electrons. The molecule has 2 aromatic heterocycles. The van der Waals surface area contributed by atoms with Gasteiger partial charge in [-0.2, -0.15) is 5.10 Å². The number of hydrogen-bond donors (Lipinski definition) is 4. The molecule has 1 aliphatic heterocycles. The standard InChI is InChI=1S/C18H24N6.2CH2O2/c1-11-9-14(24-7-5-23(4)6-8-24)10-15-17(11)20-18(19-15)16-12(2)21-22-13(16)3;2*2-1-3/h9-10H,5-8H2,1-4H3,(H,19,20)(H,21,22);2*1H,(H,2,3). The first-order chi connectivity index (χ1) is 14.4. The van der Waals surface area contributed by atoms with Crippen molar-refractivity contribution in [3.63, 3.8) is 0 Å². The molecule has 4 rings (SSSR count). The fraction of sp³-hybridized carbons (Fsp3) is 0.400. The van der Waals surface area contributed by atoms with Crippen LogP contribution in [0, 0.1) is 20.8 Å².